The van der Waals surface area contributed by atoms with E-state index >= 15 is 0 Å². The van der Waals surface area contributed by atoms with Crippen LogP contribution in [0.25, 0.3) is 32.8 Å². The first-order chi connectivity index (χ1) is 17.3. The Labute approximate surface area is 216 Å². The molecule has 0 radical (unpaired) electrons. The lowest BCUT2D eigenvalue weighted by Crippen LogP contribution is -2.51. The van der Waals surface area contributed by atoms with E-state index in [1.165, 1.54) is 39.9 Å². The maximum Gasteiger partial charge on any atom is 0.117 e. The van der Waals surface area contributed by atoms with Crippen molar-refractivity contribution in [2.75, 3.05) is 0 Å². The minimum absolute atomic E-state index is 0.141. The second-order valence-corrected chi connectivity index (χ2v) is 16.4. The van der Waals surface area contributed by atoms with Gasteiger partial charge >= 0.3 is 0 Å². The molecule has 1 atom stereocenters. The summed E-state index contributed by atoms with van der Waals surface area (Å²) < 4.78 is 4.97. The Morgan fingerprint density at radius 3 is 1.56 bits per heavy atom. The molecular formula is C31H40N4Si. The molecule has 2 aromatic heterocycles. The van der Waals surface area contributed by atoms with E-state index in [0.717, 1.165) is 11.0 Å². The highest BCUT2D eigenvalue weighted by Crippen LogP contribution is 2.45. The van der Waals surface area contributed by atoms with Crippen molar-refractivity contribution in [2.24, 2.45) is 17.8 Å². The third-order valence-electron chi connectivity index (χ3n) is 7.46. The highest BCUT2D eigenvalue weighted by Gasteiger charge is 2.46. The highest BCUT2D eigenvalue weighted by molar-refractivity contribution is 6.80. The van der Waals surface area contributed by atoms with Gasteiger partial charge in [0.25, 0.3) is 0 Å². The van der Waals surface area contributed by atoms with Crippen LogP contribution in [0.1, 0.15) is 47.3 Å². The molecule has 0 aliphatic rings. The summed E-state index contributed by atoms with van der Waals surface area (Å²) in [6.45, 7) is 14.4. The molecule has 0 aliphatic carbocycles. The van der Waals surface area contributed by atoms with Gasteiger partial charge in [-0.3, -0.25) is 0 Å². The average Bonchev–Trinajstić information content (AvgIpc) is 3.38. The van der Waals surface area contributed by atoms with Crippen LogP contribution in [0.2, 0.25) is 18.1 Å². The molecule has 188 valence electrons. The van der Waals surface area contributed by atoms with Crippen LogP contribution in [0, 0.1) is 17.8 Å². The molecule has 0 saturated heterocycles. The summed E-state index contributed by atoms with van der Waals surface area (Å²) in [6.07, 6.45) is 0. The van der Waals surface area contributed by atoms with Crippen LogP contribution in [0.3, 0.4) is 0 Å². The van der Waals surface area contributed by atoms with Crippen molar-refractivity contribution in [3.63, 3.8) is 0 Å². The van der Waals surface area contributed by atoms with Crippen molar-refractivity contribution in [3.05, 3.63) is 72.8 Å². The summed E-state index contributed by atoms with van der Waals surface area (Å²) in [5.74, 6) is 2.01. The molecule has 5 heteroatoms. The second kappa shape index (κ2) is 9.85. The van der Waals surface area contributed by atoms with Gasteiger partial charge in [-0.1, -0.05) is 113 Å². The Bertz CT molecular complexity index is 1400. The molecule has 5 aromatic rings. The van der Waals surface area contributed by atoms with Crippen LogP contribution in [0.4, 0.5) is 0 Å². The van der Waals surface area contributed by atoms with E-state index in [9.17, 15) is 0 Å². The Balaban J connectivity index is 1.92. The minimum atomic E-state index is -2.05. The van der Waals surface area contributed by atoms with Gasteiger partial charge in [0.15, 0.2) is 0 Å². The molecule has 1 unspecified atom stereocenters. The molecule has 0 bridgehead atoms. The molecular weight excluding hydrogens is 456 g/mol. The van der Waals surface area contributed by atoms with E-state index < -0.39 is 8.07 Å². The standard InChI is InChI=1S/C31H40N4Si/c1-22(2)19-36(20-23(3)4,21-24(5)6)31(35-30-18-12-9-15-27(30)32-33-35)34-28-16-10-7-13-25(28)26-14-8-11-17-29(26)34/h7-18,22-24,31H,19-21H2,1-6H3. The van der Waals surface area contributed by atoms with Gasteiger partial charge in [0, 0.05) is 10.8 Å². The largest absolute Gasteiger partial charge is 0.321 e. The van der Waals surface area contributed by atoms with Gasteiger partial charge < -0.3 is 4.57 Å². The second-order valence-electron chi connectivity index (χ2n) is 12.0. The number of hydrogen-bond acceptors (Lipinski definition) is 2. The molecule has 3 aromatic carbocycles. The number of rotatable bonds is 9. The molecule has 0 amide bonds. The Hall–Kier alpha value is -2.92. The fourth-order valence-electron chi connectivity index (χ4n) is 6.93. The molecule has 36 heavy (non-hydrogen) atoms. The zero-order valence-electron chi connectivity index (χ0n) is 22.6. The number of benzene rings is 3. The minimum Gasteiger partial charge on any atom is -0.321 e. The normalized spacial score (nSPS) is 13.7. The van der Waals surface area contributed by atoms with Gasteiger partial charge in [0.1, 0.15) is 19.4 Å². The lowest BCUT2D eigenvalue weighted by atomic mass is 10.2. The van der Waals surface area contributed by atoms with Crippen molar-refractivity contribution in [2.45, 2.75) is 65.5 Å². The summed E-state index contributed by atoms with van der Waals surface area (Å²) in [5.41, 5.74) is 4.72. The number of para-hydroxylation sites is 3. The van der Waals surface area contributed by atoms with Crippen LogP contribution in [-0.4, -0.2) is 27.6 Å². The molecule has 0 N–H and O–H groups in total. The molecule has 0 spiro atoms. The monoisotopic (exact) mass is 496 g/mol. The zero-order valence-corrected chi connectivity index (χ0v) is 23.6. The van der Waals surface area contributed by atoms with Gasteiger partial charge in [-0.25, -0.2) is 4.68 Å². The van der Waals surface area contributed by atoms with E-state index in [-0.39, 0.29) is 5.79 Å². The van der Waals surface area contributed by atoms with Crippen LogP contribution in [0.5, 0.6) is 0 Å². The van der Waals surface area contributed by atoms with Gasteiger partial charge in [-0.05, 0) is 42.0 Å². The van der Waals surface area contributed by atoms with Gasteiger partial charge in [-0.15, -0.1) is 5.10 Å². The highest BCUT2D eigenvalue weighted by atomic mass is 28.3. The topological polar surface area (TPSA) is 35.6 Å². The van der Waals surface area contributed by atoms with Crippen molar-refractivity contribution in [1.29, 1.82) is 0 Å². The van der Waals surface area contributed by atoms with E-state index in [0.29, 0.717) is 17.8 Å². The van der Waals surface area contributed by atoms with Crippen LogP contribution >= 0.6 is 0 Å². The Morgan fingerprint density at radius 2 is 1.06 bits per heavy atom. The van der Waals surface area contributed by atoms with Crippen molar-refractivity contribution < 1.29 is 0 Å². The summed E-state index contributed by atoms with van der Waals surface area (Å²) in [5, 5.41) is 12.3. The smallest absolute Gasteiger partial charge is 0.117 e. The van der Waals surface area contributed by atoms with Crippen molar-refractivity contribution in [3.8, 4) is 0 Å². The molecule has 2 heterocycles. The summed E-state index contributed by atoms with van der Waals surface area (Å²) in [4.78, 5) is 0. The number of nitrogens with zero attached hydrogens (tertiary/aromatic N) is 4. The van der Waals surface area contributed by atoms with E-state index in [2.05, 4.69) is 129 Å². The van der Waals surface area contributed by atoms with Gasteiger partial charge in [0.2, 0.25) is 0 Å². The lowest BCUT2D eigenvalue weighted by molar-refractivity contribution is 0.487. The van der Waals surface area contributed by atoms with Gasteiger partial charge in [0.05, 0.1) is 16.6 Å². The van der Waals surface area contributed by atoms with Crippen molar-refractivity contribution in [1.82, 2.24) is 19.6 Å². The third kappa shape index (κ3) is 4.38. The zero-order chi connectivity index (χ0) is 25.4. The summed E-state index contributed by atoms with van der Waals surface area (Å²) >= 11 is 0. The summed E-state index contributed by atoms with van der Waals surface area (Å²) in [7, 11) is -2.05. The maximum atomic E-state index is 4.93. The Kier molecular flexibility index (Phi) is 6.77. The summed E-state index contributed by atoms with van der Waals surface area (Å²) in [6, 6.07) is 30.2. The number of aromatic nitrogens is 4. The predicted molar refractivity (Wildman–Crippen MR) is 156 cm³/mol. The first-order valence-electron chi connectivity index (χ1n) is 13.6. The first-order valence-corrected chi connectivity index (χ1v) is 16.3. The van der Waals surface area contributed by atoms with Crippen LogP contribution < -0.4 is 0 Å². The predicted octanol–water partition coefficient (Wildman–Crippen LogP) is 8.54. The quantitative estimate of drug-likeness (QED) is 0.192. The van der Waals surface area contributed by atoms with Crippen LogP contribution in [0.15, 0.2) is 72.8 Å². The van der Waals surface area contributed by atoms with E-state index in [1.54, 1.807) is 0 Å². The first kappa shape index (κ1) is 24.8. The van der Waals surface area contributed by atoms with Gasteiger partial charge in [-0.2, -0.15) is 0 Å². The molecule has 0 fully saturated rings. The lowest BCUT2D eigenvalue weighted by Gasteiger charge is -2.44. The number of hydrogen-bond donors (Lipinski definition) is 0. The molecule has 5 rings (SSSR count). The number of fused-ring (bicyclic) bond motifs is 4. The maximum absolute atomic E-state index is 4.93. The van der Waals surface area contributed by atoms with E-state index in [1.807, 2.05) is 0 Å². The fourth-order valence-corrected chi connectivity index (χ4v) is 14.5. The fraction of sp³-hybridized carbons (Fsp3) is 0.419. The average molecular weight is 497 g/mol. The van der Waals surface area contributed by atoms with E-state index in [4.69, 9.17) is 5.21 Å². The molecule has 4 nitrogen and oxygen atoms in total. The molecule has 0 saturated carbocycles. The van der Waals surface area contributed by atoms with Crippen LogP contribution in [-0.2, 0) is 0 Å². The Morgan fingerprint density at radius 1 is 0.611 bits per heavy atom. The third-order valence-corrected chi connectivity index (χ3v) is 13.9. The SMILES string of the molecule is CC(C)C[Si](CC(C)C)(CC(C)C)C(n1nnc2ccccc21)n1c2ccccc2c2ccccc21. The van der Waals surface area contributed by atoms with Crippen molar-refractivity contribution >= 4 is 40.9 Å². The molecule has 0 aliphatic heterocycles.